The van der Waals surface area contributed by atoms with Gasteiger partial charge < -0.3 is 24.4 Å². The molecule has 14 nitrogen and oxygen atoms in total. The molecule has 0 unspecified atom stereocenters. The molecule has 2 amide bonds. The van der Waals surface area contributed by atoms with Crippen molar-refractivity contribution >= 4 is 23.5 Å². The van der Waals surface area contributed by atoms with Crippen LogP contribution >= 0.6 is 0 Å². The van der Waals surface area contributed by atoms with Crippen molar-refractivity contribution in [2.75, 3.05) is 53.1 Å². The maximum absolute atomic E-state index is 12.0. The van der Waals surface area contributed by atoms with Crippen LogP contribution in [0.5, 0.6) is 5.75 Å². The minimum atomic E-state index is -0.715. The number of nitrogens with one attached hydrogen (secondary N) is 1. The van der Waals surface area contributed by atoms with Crippen LogP contribution in [0.4, 0.5) is 10.5 Å². The molecule has 14 heteroatoms. The molecule has 1 aromatic rings. The first-order valence-corrected chi connectivity index (χ1v) is 11.0. The molecule has 0 aliphatic carbocycles. The summed E-state index contributed by atoms with van der Waals surface area (Å²) in [5, 5.41) is 16.5. The Morgan fingerprint density at radius 3 is 2.43 bits per heavy atom. The fourth-order valence-electron chi connectivity index (χ4n) is 2.66. The lowest BCUT2D eigenvalue weighted by Crippen LogP contribution is -2.32. The molecule has 35 heavy (non-hydrogen) atoms. The van der Waals surface area contributed by atoms with Crippen molar-refractivity contribution in [2.45, 2.75) is 25.7 Å². The van der Waals surface area contributed by atoms with Gasteiger partial charge in [0.15, 0.2) is 5.78 Å². The second kappa shape index (κ2) is 17.7. The fourth-order valence-corrected chi connectivity index (χ4v) is 2.66. The highest BCUT2D eigenvalue weighted by Gasteiger charge is 2.12. The van der Waals surface area contributed by atoms with E-state index in [1.807, 2.05) is 0 Å². The SMILES string of the molecule is CN(CC(=O)CCCCN=[N+]=[N-])C(=O)CCOCCOCCNC(=O)Oc1ccc([N+](=O)[O-])cc1. The number of carbonyl (C=O) groups is 3. The highest BCUT2D eigenvalue weighted by atomic mass is 16.6. The average Bonchev–Trinajstić information content (AvgIpc) is 2.83. The number of benzene rings is 1. The van der Waals surface area contributed by atoms with Crippen molar-refractivity contribution in [3.05, 3.63) is 44.8 Å². The lowest BCUT2D eigenvalue weighted by atomic mass is 10.1. The summed E-state index contributed by atoms with van der Waals surface area (Å²) in [7, 11) is 1.56. The summed E-state index contributed by atoms with van der Waals surface area (Å²) in [6.45, 7) is 1.49. The van der Waals surface area contributed by atoms with Crippen LogP contribution in [-0.4, -0.2) is 80.7 Å². The van der Waals surface area contributed by atoms with E-state index in [1.165, 1.54) is 29.2 Å². The maximum Gasteiger partial charge on any atom is 0.412 e. The molecule has 0 aliphatic rings. The first kappa shape index (κ1) is 29.3. The van der Waals surface area contributed by atoms with E-state index in [0.29, 0.717) is 25.8 Å². The number of nitrogens with zero attached hydrogens (tertiary/aromatic N) is 5. The van der Waals surface area contributed by atoms with E-state index in [1.54, 1.807) is 7.05 Å². The van der Waals surface area contributed by atoms with Crippen LogP contribution in [0.3, 0.4) is 0 Å². The first-order valence-electron chi connectivity index (χ1n) is 11.0. The molecule has 0 heterocycles. The zero-order valence-corrected chi connectivity index (χ0v) is 19.6. The van der Waals surface area contributed by atoms with Gasteiger partial charge in [-0.1, -0.05) is 5.11 Å². The molecule has 0 saturated heterocycles. The molecule has 1 N–H and O–H groups in total. The second-order valence-electron chi connectivity index (χ2n) is 7.24. The number of amides is 2. The van der Waals surface area contributed by atoms with Crippen molar-refractivity contribution < 1.29 is 33.5 Å². The van der Waals surface area contributed by atoms with Crippen LogP contribution in [0.25, 0.3) is 10.4 Å². The number of non-ortho nitro benzene ring substituents is 1. The van der Waals surface area contributed by atoms with Gasteiger partial charge in [0.1, 0.15) is 5.75 Å². The molecule has 0 radical (unpaired) electrons. The maximum atomic E-state index is 12.0. The minimum absolute atomic E-state index is 0.0308. The van der Waals surface area contributed by atoms with Gasteiger partial charge in [0, 0.05) is 43.6 Å². The Bertz CT molecular complexity index is 873. The van der Waals surface area contributed by atoms with E-state index in [-0.39, 0.29) is 69.1 Å². The number of nitro groups is 1. The highest BCUT2D eigenvalue weighted by molar-refractivity contribution is 5.85. The Morgan fingerprint density at radius 1 is 1.09 bits per heavy atom. The van der Waals surface area contributed by atoms with Crippen LogP contribution in [0, 0.1) is 10.1 Å². The van der Waals surface area contributed by atoms with Gasteiger partial charge in [-0.05, 0) is 30.5 Å². The molecule has 0 aliphatic heterocycles. The van der Waals surface area contributed by atoms with Crippen LogP contribution in [0.2, 0.25) is 0 Å². The largest absolute Gasteiger partial charge is 0.412 e. The summed E-state index contributed by atoms with van der Waals surface area (Å²) >= 11 is 0. The third kappa shape index (κ3) is 14.2. The third-order valence-corrected chi connectivity index (χ3v) is 4.47. The van der Waals surface area contributed by atoms with Gasteiger partial charge in [-0.25, -0.2) is 4.79 Å². The molecular weight excluding hydrogens is 464 g/mol. The Morgan fingerprint density at radius 2 is 1.77 bits per heavy atom. The van der Waals surface area contributed by atoms with Gasteiger partial charge in [-0.15, -0.1) is 0 Å². The number of hydrogen-bond acceptors (Lipinski definition) is 9. The smallest absolute Gasteiger partial charge is 0.410 e. The van der Waals surface area contributed by atoms with E-state index in [0.717, 1.165) is 0 Å². The van der Waals surface area contributed by atoms with Gasteiger partial charge >= 0.3 is 6.09 Å². The third-order valence-electron chi connectivity index (χ3n) is 4.47. The molecule has 0 bridgehead atoms. The molecule has 0 spiro atoms. The molecule has 192 valence electrons. The Balaban J connectivity index is 2.01. The number of Topliss-reactive ketones (excluding diaryl/α,β-unsaturated/α-hetero) is 1. The van der Waals surface area contributed by atoms with Crippen LogP contribution < -0.4 is 10.1 Å². The van der Waals surface area contributed by atoms with Gasteiger partial charge in [-0.3, -0.25) is 19.7 Å². The van der Waals surface area contributed by atoms with Gasteiger partial charge in [0.25, 0.3) is 5.69 Å². The Hall–Kier alpha value is -3.74. The number of azide groups is 1. The van der Waals surface area contributed by atoms with E-state index < -0.39 is 11.0 Å². The number of carbonyl (C=O) groups excluding carboxylic acids is 3. The summed E-state index contributed by atoms with van der Waals surface area (Å²) < 4.78 is 15.6. The first-order chi connectivity index (χ1) is 16.8. The zero-order chi connectivity index (χ0) is 25.9. The van der Waals surface area contributed by atoms with Gasteiger partial charge in [-0.2, -0.15) is 0 Å². The van der Waals surface area contributed by atoms with Crippen LogP contribution in [0.15, 0.2) is 29.4 Å². The average molecular weight is 495 g/mol. The van der Waals surface area contributed by atoms with Crippen LogP contribution in [-0.2, 0) is 19.1 Å². The monoisotopic (exact) mass is 494 g/mol. The topological polar surface area (TPSA) is 186 Å². The summed E-state index contributed by atoms with van der Waals surface area (Å²) in [6, 6.07) is 5.11. The normalized spacial score (nSPS) is 10.2. The lowest BCUT2D eigenvalue weighted by molar-refractivity contribution is -0.384. The summed E-state index contributed by atoms with van der Waals surface area (Å²) in [5.74, 6) is -0.0837. The van der Waals surface area contributed by atoms with Crippen LogP contribution in [0.1, 0.15) is 25.7 Å². The molecule has 0 atom stereocenters. The molecule has 0 aromatic heterocycles. The van der Waals surface area contributed by atoms with Crippen molar-refractivity contribution in [3.8, 4) is 5.75 Å². The predicted molar refractivity (Wildman–Crippen MR) is 124 cm³/mol. The number of rotatable bonds is 18. The van der Waals surface area contributed by atoms with Crippen molar-refractivity contribution in [1.82, 2.24) is 10.2 Å². The number of ether oxygens (including phenoxy) is 3. The summed E-state index contributed by atoms with van der Waals surface area (Å²) in [5.41, 5.74) is 8.08. The van der Waals surface area contributed by atoms with Crippen molar-refractivity contribution in [1.29, 1.82) is 0 Å². The highest BCUT2D eigenvalue weighted by Crippen LogP contribution is 2.17. The Labute approximate surface area is 202 Å². The second-order valence-corrected chi connectivity index (χ2v) is 7.24. The van der Waals surface area contributed by atoms with E-state index in [4.69, 9.17) is 19.7 Å². The van der Waals surface area contributed by atoms with E-state index >= 15 is 0 Å². The van der Waals surface area contributed by atoms with Gasteiger partial charge in [0.05, 0.1) is 44.3 Å². The van der Waals surface area contributed by atoms with E-state index in [2.05, 4.69) is 15.3 Å². The standard InChI is InChI=1S/C21H30N6O8/c1-26(16-18(28)4-2-3-10-24-25-22)20(29)9-12-33-14-15-34-13-11-23-21(30)35-19-7-5-17(6-8-19)27(31)32/h5-8H,2-4,9-16H2,1H3,(H,23,30). The van der Waals surface area contributed by atoms with Gasteiger partial charge in [0.2, 0.25) is 5.91 Å². The quantitative estimate of drug-likeness (QED) is 0.0805. The van der Waals surface area contributed by atoms with Crippen molar-refractivity contribution in [3.63, 3.8) is 0 Å². The molecule has 1 aromatic carbocycles. The number of hydrogen-bond donors (Lipinski definition) is 1. The fraction of sp³-hybridized carbons (Fsp3) is 0.571. The number of unbranched alkanes of at least 4 members (excludes halogenated alkanes) is 1. The number of likely N-dealkylation sites (N-methyl/N-ethyl adjacent to an activating group) is 1. The lowest BCUT2D eigenvalue weighted by Gasteiger charge is -2.16. The minimum Gasteiger partial charge on any atom is -0.410 e. The van der Waals surface area contributed by atoms with Crippen molar-refractivity contribution in [2.24, 2.45) is 5.11 Å². The Kier molecular flexibility index (Phi) is 14.8. The molecule has 1 rings (SSSR count). The predicted octanol–water partition coefficient (Wildman–Crippen LogP) is 2.61. The summed E-state index contributed by atoms with van der Waals surface area (Å²) in [4.78, 5) is 49.6. The molecule has 0 fully saturated rings. The number of nitro benzene ring substituents is 1. The van der Waals surface area contributed by atoms with E-state index in [9.17, 15) is 24.5 Å². The summed E-state index contributed by atoms with van der Waals surface area (Å²) in [6.07, 6.45) is 0.991. The number of ketones is 1. The zero-order valence-electron chi connectivity index (χ0n) is 19.6. The molecular formula is C21H30N6O8. The molecule has 0 saturated carbocycles.